The Morgan fingerprint density at radius 1 is 0.202 bits per heavy atom. The third-order valence-corrected chi connectivity index (χ3v) is 23.1. The van der Waals surface area contributed by atoms with Crippen LogP contribution in [0.1, 0.15) is 35.1 Å². The van der Waals surface area contributed by atoms with Crippen LogP contribution < -0.4 is 54.6 Å². The van der Waals surface area contributed by atoms with E-state index < -0.39 is 348 Å². The molecule has 0 N–H and O–H groups in total. The van der Waals surface area contributed by atoms with Gasteiger partial charge in [0.25, 0.3) is 0 Å². The molecule has 0 fully saturated rings. The van der Waals surface area contributed by atoms with Gasteiger partial charge in [-0.1, -0.05) is 130 Å². The fraction of sp³-hybridized carbons (Fsp3) is 0.155. The molecular weight excluding hydrogens is 1830 g/mol. The van der Waals surface area contributed by atoms with Crippen LogP contribution in [0.15, 0.2) is 60.7 Å². The van der Waals surface area contributed by atoms with Crippen molar-refractivity contribution in [1.29, 1.82) is 0 Å². The van der Waals surface area contributed by atoms with Crippen LogP contribution in [0.5, 0.6) is 0 Å². The minimum absolute atomic E-state index is 0. The second kappa shape index (κ2) is 41.3. The van der Waals surface area contributed by atoms with Crippen LogP contribution in [-0.4, -0.2) is 78.7 Å². The summed E-state index contributed by atoms with van der Waals surface area (Å²) < 4.78 is 611. The van der Waals surface area contributed by atoms with Crippen LogP contribution >= 0.6 is 0 Å². The van der Waals surface area contributed by atoms with E-state index in [-0.39, 0.29) is 14.3 Å². The summed E-state index contributed by atoms with van der Waals surface area (Å²) in [7, 11) is 0. The summed E-state index contributed by atoms with van der Waals surface area (Å²) in [6.45, 7) is -8.01. The van der Waals surface area contributed by atoms with E-state index in [9.17, 15) is 123 Å². The third-order valence-electron chi connectivity index (χ3n) is 17.2. The maximum Gasteiger partial charge on any atom is 0.858 e. The molecule has 10 aromatic rings. The van der Waals surface area contributed by atoms with E-state index in [2.05, 4.69) is 99.5 Å². The first kappa shape index (κ1) is 102. The lowest BCUT2D eigenvalue weighted by molar-refractivity contribution is 0.317. The van der Waals surface area contributed by atoms with Crippen LogP contribution in [0.25, 0.3) is 0 Å². The molecule has 10 rings (SSSR count). The van der Waals surface area contributed by atoms with Crippen molar-refractivity contribution < 1.29 is 194 Å². The molecule has 0 aliphatic rings. The van der Waals surface area contributed by atoms with Crippen molar-refractivity contribution in [2.24, 2.45) is 11.8 Å². The number of halogens is 40. The van der Waals surface area contributed by atoms with Gasteiger partial charge in [-0.25, -0.2) is 176 Å². The van der Waals surface area contributed by atoms with Crippen LogP contribution in [0.2, 0.25) is 22.1 Å². The average molecular weight is 1870 g/mol. The zero-order chi connectivity index (χ0) is 92.7. The second-order valence-electron chi connectivity index (χ2n) is 26.5. The topological polar surface area (TPSA) is 46.2 Å². The molecule has 53 heteroatoms. The van der Waals surface area contributed by atoms with Gasteiger partial charge in [-0.15, -0.1) is 0 Å². The molecule has 0 heterocycles. The van der Waals surface area contributed by atoms with E-state index in [0.717, 1.165) is 0 Å². The van der Waals surface area contributed by atoms with Gasteiger partial charge in [0.05, 0.1) is 0 Å². The summed E-state index contributed by atoms with van der Waals surface area (Å²) in [5.74, 6) is -127. The summed E-state index contributed by atoms with van der Waals surface area (Å²) in [6.07, 6.45) is 0. The Morgan fingerprint density at radius 2 is 0.339 bits per heavy atom. The number of rotatable bonds is 24. The molecule has 0 aromatic heterocycles. The van der Waals surface area contributed by atoms with Gasteiger partial charge in [-0.05, 0) is 10.9 Å². The maximum absolute atomic E-state index is 15.6. The largest absolute Gasteiger partial charge is 0.858 e. The van der Waals surface area contributed by atoms with Crippen molar-refractivity contribution in [1.82, 2.24) is 0 Å². The minimum Gasteiger partial charge on any atom is -0.560 e. The summed E-state index contributed by atoms with van der Waals surface area (Å²) in [6, 6.07) is 21.3. The van der Waals surface area contributed by atoms with Crippen molar-refractivity contribution in [2.75, 3.05) is 0 Å². The summed E-state index contributed by atoms with van der Waals surface area (Å²) in [4.78, 5) is 0. The van der Waals surface area contributed by atoms with E-state index in [4.69, 9.17) is 7.41 Å². The molecule has 0 saturated carbocycles. The fourth-order valence-corrected chi connectivity index (χ4v) is 17.4. The normalized spacial score (nSPS) is 11.3. The SMILES string of the molecule is C.CC(C)[CH2][Al]([CH2]C(C)C)[O]B(c1ccccc1)c1ccccc1.Fc1c(F)c(F)c(B([O][Al]([O]B(c2c(F)c(F)c(F)c(F)c2F)c2c(F)c(F)c(F)c(F)c2F)[O]B(c2c(F)c(F)c(F)c(F)c2F)c2c(F)c(F)c(F)c(F)c2F)c2c(F)c(F)c(F)c(F)c2F)c(F)c1F.[CH3][Al]([CH3])[O]B(c1c(F)c(F)c(F)c(F)c1F)c1c(F)c(F)c(F)c(F)c1F. The molecule has 0 aliphatic heterocycles. The number of benzene rings is 10. The summed E-state index contributed by atoms with van der Waals surface area (Å²) >= 11 is -11.3. The second-order valence-corrected chi connectivity index (χ2v) is 32.7. The zero-order valence-electron chi connectivity index (χ0n) is 61.1. The number of hydrogen-bond donors (Lipinski definition) is 0. The predicted molar refractivity (Wildman–Crippen MR) is 368 cm³/mol. The van der Waals surface area contributed by atoms with Crippen molar-refractivity contribution in [3.63, 3.8) is 0 Å². The molecule has 5 nitrogen and oxygen atoms in total. The first-order valence-corrected chi connectivity index (χ1v) is 40.0. The molecule has 0 amide bonds. The summed E-state index contributed by atoms with van der Waals surface area (Å²) in [5, 5.41) is 2.49. The molecule has 0 atom stereocenters. The lowest BCUT2D eigenvalue weighted by Crippen LogP contribution is -2.63. The highest BCUT2D eigenvalue weighted by molar-refractivity contribution is 6.91. The fourth-order valence-electron chi connectivity index (χ4n) is 11.7. The lowest BCUT2D eigenvalue weighted by Gasteiger charge is -2.29. The minimum atomic E-state index is -7.47. The van der Waals surface area contributed by atoms with Gasteiger partial charge in [0.1, 0.15) is 0 Å². The lowest BCUT2D eigenvalue weighted by atomic mass is 9.54. The molecule has 0 bridgehead atoms. The number of hydrogen-bond acceptors (Lipinski definition) is 5. The van der Waals surface area contributed by atoms with E-state index in [1.165, 1.54) is 33.1 Å². The Hall–Kier alpha value is -8.88. The van der Waals surface area contributed by atoms with E-state index in [1.807, 2.05) is 0 Å². The average Bonchev–Trinajstić information content (AvgIpc) is 0.757. The maximum atomic E-state index is 15.6. The molecular formula is C71H38Al3B5F40O5. The van der Waals surface area contributed by atoms with E-state index >= 15 is 52.7 Å². The van der Waals surface area contributed by atoms with Crippen molar-refractivity contribution in [2.45, 2.75) is 57.3 Å². The van der Waals surface area contributed by atoms with Crippen LogP contribution in [0.4, 0.5) is 176 Å². The molecule has 0 saturated heterocycles. The van der Waals surface area contributed by atoms with Gasteiger partial charge >= 0.3 is 78.7 Å². The standard InChI is InChI=1S/4C12BF10O.C12H10BO.2C4H9.CH4.2CH3.3Al/c4*14-3-1(4(15)8(19)11(22)7(3)18)13(24)2-5(16)9(20)12(23)10(21)6(2)17;14-13(11-7-3-1-4-8-11)12-9-5-2-6-10-12;2*1-4(2)3;;;;;;/h;;;;1-10H;2*4H,1H2,2-3H3;1H4;2*1H3;;;/q5*-1;;;;;;2*+1;+3. The van der Waals surface area contributed by atoms with Crippen molar-refractivity contribution in [3.8, 4) is 0 Å². The van der Waals surface area contributed by atoms with Gasteiger partial charge in [0, 0.05) is 43.7 Å². The molecule has 0 spiro atoms. The van der Waals surface area contributed by atoms with Gasteiger partial charge < -0.3 is 18.5 Å². The third kappa shape index (κ3) is 19.9. The molecule has 0 radical (unpaired) electrons. The smallest absolute Gasteiger partial charge is 0.560 e. The highest BCUT2D eigenvalue weighted by Crippen LogP contribution is 2.30. The first-order valence-electron chi connectivity index (χ1n) is 33.7. The molecule has 10 aromatic carbocycles. The Kier molecular flexibility index (Phi) is 34.0. The first-order chi connectivity index (χ1) is 57.2. The molecule has 656 valence electrons. The van der Waals surface area contributed by atoms with Gasteiger partial charge in [0.2, 0.25) is 0 Å². The van der Waals surface area contributed by atoms with Crippen LogP contribution in [0.3, 0.4) is 0 Å². The van der Waals surface area contributed by atoms with Crippen LogP contribution in [0, 0.1) is 245 Å². The van der Waals surface area contributed by atoms with E-state index in [1.54, 1.807) is 0 Å². The zero-order valence-corrected chi connectivity index (χ0v) is 64.6. The summed E-state index contributed by atoms with van der Waals surface area (Å²) in [5.41, 5.74) is -21.0. The Balaban J connectivity index is 0.000000334. The highest BCUT2D eigenvalue weighted by Gasteiger charge is 2.55. The highest BCUT2D eigenvalue weighted by atomic mass is 27.3. The van der Waals surface area contributed by atoms with E-state index in [0.29, 0.717) is 11.8 Å². The van der Waals surface area contributed by atoms with Gasteiger partial charge in [-0.2, -0.15) is 0 Å². The van der Waals surface area contributed by atoms with Crippen molar-refractivity contribution >= 4 is 133 Å². The van der Waals surface area contributed by atoms with Gasteiger partial charge in [-0.3, -0.25) is 0 Å². The molecule has 0 unspecified atom stereocenters. The predicted octanol–water partition coefficient (Wildman–Crippen LogP) is 15.8. The Morgan fingerprint density at radius 3 is 0.476 bits per heavy atom. The Bertz CT molecular complexity index is 4840. The Labute approximate surface area is 686 Å². The van der Waals surface area contributed by atoms with Crippen LogP contribution in [-0.2, 0) is 18.5 Å². The van der Waals surface area contributed by atoms with Gasteiger partial charge in [0.15, 0.2) is 233 Å². The molecule has 124 heavy (non-hydrogen) atoms. The monoisotopic (exact) mass is 1870 g/mol. The molecule has 0 aliphatic carbocycles. The van der Waals surface area contributed by atoms with Crippen molar-refractivity contribution in [3.05, 3.63) is 293 Å². The quantitative estimate of drug-likeness (QED) is 0.0261.